The molecule has 2 unspecified atom stereocenters. The van der Waals surface area contributed by atoms with E-state index in [0.29, 0.717) is 13.1 Å². The fourth-order valence-corrected chi connectivity index (χ4v) is 2.38. The molecule has 122 valence electrons. The molecule has 7 nitrogen and oxygen atoms in total. The lowest BCUT2D eigenvalue weighted by atomic mass is 9.94. The molecule has 1 amide bonds. The molecular formula is C15H24N4O3. The van der Waals surface area contributed by atoms with Crippen LogP contribution in [-0.4, -0.2) is 39.8 Å². The zero-order valence-electron chi connectivity index (χ0n) is 13.6. The molecule has 2 atom stereocenters. The summed E-state index contributed by atoms with van der Waals surface area (Å²) >= 11 is 0. The Bertz CT molecular complexity index is 519. The molecule has 0 spiro atoms. The lowest BCUT2D eigenvalue weighted by Crippen LogP contribution is -2.38. The molecular weight excluding hydrogens is 284 g/mol. The highest BCUT2D eigenvalue weighted by Gasteiger charge is 2.33. The number of oxime groups is 1. The van der Waals surface area contributed by atoms with Gasteiger partial charge in [0, 0.05) is 18.3 Å². The van der Waals surface area contributed by atoms with E-state index in [1.165, 1.54) is 0 Å². The van der Waals surface area contributed by atoms with Gasteiger partial charge in [0.25, 0.3) is 0 Å². The highest BCUT2D eigenvalue weighted by molar-refractivity contribution is 5.91. The minimum Gasteiger partial charge on any atom is -0.444 e. The quantitative estimate of drug-likeness (QED) is 0.904. The van der Waals surface area contributed by atoms with Crippen molar-refractivity contribution in [2.75, 3.05) is 6.54 Å². The van der Waals surface area contributed by atoms with Gasteiger partial charge in [-0.05, 0) is 33.3 Å². The molecule has 1 aromatic rings. The van der Waals surface area contributed by atoms with Crippen molar-refractivity contribution in [1.29, 1.82) is 0 Å². The molecule has 7 heteroatoms. The number of carbonyl (C=O) groups excluding carboxylic acids is 1. The van der Waals surface area contributed by atoms with E-state index in [1.807, 2.05) is 37.7 Å². The normalized spacial score (nSPS) is 21.2. The molecule has 2 heterocycles. The Kier molecular flexibility index (Phi) is 5.05. The molecule has 1 N–H and O–H groups in total. The van der Waals surface area contributed by atoms with Crippen molar-refractivity contribution in [2.24, 2.45) is 11.1 Å². The van der Waals surface area contributed by atoms with Crippen LogP contribution in [0.3, 0.4) is 0 Å². The van der Waals surface area contributed by atoms with E-state index in [2.05, 4.69) is 22.5 Å². The van der Waals surface area contributed by atoms with E-state index in [4.69, 9.17) is 9.57 Å². The highest BCUT2D eigenvalue weighted by atomic mass is 16.6. The average Bonchev–Trinajstić information content (AvgIpc) is 3.04. The van der Waals surface area contributed by atoms with Crippen molar-refractivity contribution in [3.63, 3.8) is 0 Å². The van der Waals surface area contributed by atoms with E-state index in [9.17, 15) is 4.79 Å². The molecule has 0 saturated heterocycles. The summed E-state index contributed by atoms with van der Waals surface area (Å²) in [7, 11) is 0. The number of amides is 1. The summed E-state index contributed by atoms with van der Waals surface area (Å²) in [4.78, 5) is 17.2. The second-order valence-corrected chi connectivity index (χ2v) is 6.32. The Labute approximate surface area is 130 Å². The van der Waals surface area contributed by atoms with Crippen LogP contribution in [0.2, 0.25) is 0 Å². The molecule has 2 rings (SSSR count). The first kappa shape index (κ1) is 16.3. The van der Waals surface area contributed by atoms with Crippen LogP contribution in [0.15, 0.2) is 23.6 Å². The van der Waals surface area contributed by atoms with Crippen molar-refractivity contribution in [3.8, 4) is 0 Å². The van der Waals surface area contributed by atoms with Crippen molar-refractivity contribution in [3.05, 3.63) is 18.5 Å². The Morgan fingerprint density at radius 2 is 2.27 bits per heavy atom. The van der Waals surface area contributed by atoms with Crippen LogP contribution in [-0.2, 0) is 16.1 Å². The Hall–Kier alpha value is -2.05. The van der Waals surface area contributed by atoms with Gasteiger partial charge in [0.05, 0.1) is 18.8 Å². The Morgan fingerprint density at radius 3 is 2.86 bits per heavy atom. The van der Waals surface area contributed by atoms with E-state index in [-0.39, 0.29) is 12.0 Å². The first-order chi connectivity index (χ1) is 10.4. The molecule has 22 heavy (non-hydrogen) atoms. The lowest BCUT2D eigenvalue weighted by molar-refractivity contribution is 0.0454. The number of nitrogens with one attached hydrogen (secondary N) is 1. The van der Waals surface area contributed by atoms with Crippen LogP contribution in [0.5, 0.6) is 0 Å². The van der Waals surface area contributed by atoms with Crippen LogP contribution >= 0.6 is 0 Å². The van der Waals surface area contributed by atoms with Gasteiger partial charge in [-0.2, -0.15) is 5.10 Å². The maximum atomic E-state index is 11.7. The van der Waals surface area contributed by atoms with Crippen molar-refractivity contribution >= 4 is 11.8 Å². The SMILES string of the molecule is CCC1C(CNC(=O)OC(C)(C)C)=NOC1Cn1cccn1. The van der Waals surface area contributed by atoms with Crippen LogP contribution in [0, 0.1) is 5.92 Å². The molecule has 1 aliphatic rings. The second-order valence-electron chi connectivity index (χ2n) is 6.32. The second kappa shape index (κ2) is 6.81. The maximum absolute atomic E-state index is 11.7. The topological polar surface area (TPSA) is 77.7 Å². The molecule has 0 aliphatic carbocycles. The molecule has 1 aliphatic heterocycles. The van der Waals surface area contributed by atoms with Crippen molar-refractivity contribution in [2.45, 2.75) is 52.4 Å². The number of hydrogen-bond donors (Lipinski definition) is 1. The van der Waals surface area contributed by atoms with Gasteiger partial charge in [0.2, 0.25) is 0 Å². The van der Waals surface area contributed by atoms with Crippen LogP contribution < -0.4 is 5.32 Å². The standard InChI is InChI=1S/C15H24N4O3/c1-5-11-12(9-16-14(20)21-15(2,3)4)18-22-13(11)10-19-8-6-7-17-19/h6-8,11,13H,5,9-10H2,1-4H3,(H,16,20). The molecule has 0 fully saturated rings. The fourth-order valence-electron chi connectivity index (χ4n) is 2.38. The summed E-state index contributed by atoms with van der Waals surface area (Å²) in [5, 5.41) is 11.0. The number of nitrogens with zero attached hydrogens (tertiary/aromatic N) is 3. The number of aromatic nitrogens is 2. The fraction of sp³-hybridized carbons (Fsp3) is 0.667. The smallest absolute Gasteiger partial charge is 0.407 e. The zero-order chi connectivity index (χ0) is 16.2. The van der Waals surface area contributed by atoms with Crippen LogP contribution in [0.1, 0.15) is 34.1 Å². The third kappa shape index (κ3) is 4.47. The predicted octanol–water partition coefficient (Wildman–Crippen LogP) is 2.19. The van der Waals surface area contributed by atoms with E-state index in [1.54, 1.807) is 6.20 Å². The van der Waals surface area contributed by atoms with Crippen molar-refractivity contribution < 1.29 is 14.4 Å². The first-order valence-corrected chi connectivity index (χ1v) is 7.56. The van der Waals surface area contributed by atoms with Gasteiger partial charge in [0.15, 0.2) is 6.10 Å². The van der Waals surface area contributed by atoms with Gasteiger partial charge in [0.1, 0.15) is 5.60 Å². The third-order valence-electron chi connectivity index (χ3n) is 3.36. The summed E-state index contributed by atoms with van der Waals surface area (Å²) in [5.41, 5.74) is 0.329. The lowest BCUT2D eigenvalue weighted by Gasteiger charge is -2.20. The molecule has 0 saturated carbocycles. The highest BCUT2D eigenvalue weighted by Crippen LogP contribution is 2.23. The number of carbonyl (C=O) groups is 1. The van der Waals surface area contributed by atoms with Gasteiger partial charge in [-0.3, -0.25) is 4.68 Å². The number of rotatable bonds is 5. The Morgan fingerprint density at radius 1 is 1.50 bits per heavy atom. The van der Waals surface area contributed by atoms with Gasteiger partial charge >= 0.3 is 6.09 Å². The molecule has 0 aromatic carbocycles. The molecule has 1 aromatic heterocycles. The van der Waals surface area contributed by atoms with Gasteiger partial charge in [-0.1, -0.05) is 12.1 Å². The largest absolute Gasteiger partial charge is 0.444 e. The van der Waals surface area contributed by atoms with Crippen LogP contribution in [0.25, 0.3) is 0 Å². The summed E-state index contributed by atoms with van der Waals surface area (Å²) in [6, 6.07) is 1.88. The summed E-state index contributed by atoms with van der Waals surface area (Å²) in [6.07, 6.45) is 4.02. The third-order valence-corrected chi connectivity index (χ3v) is 3.36. The van der Waals surface area contributed by atoms with E-state index >= 15 is 0 Å². The average molecular weight is 308 g/mol. The molecule has 0 bridgehead atoms. The monoisotopic (exact) mass is 308 g/mol. The number of hydrogen-bond acceptors (Lipinski definition) is 5. The summed E-state index contributed by atoms with van der Waals surface area (Å²) in [5.74, 6) is 0.166. The van der Waals surface area contributed by atoms with Gasteiger partial charge in [-0.15, -0.1) is 0 Å². The minimum absolute atomic E-state index is 0.0552. The first-order valence-electron chi connectivity index (χ1n) is 7.56. The minimum atomic E-state index is -0.509. The Balaban J connectivity index is 1.85. The maximum Gasteiger partial charge on any atom is 0.407 e. The van der Waals surface area contributed by atoms with Crippen molar-refractivity contribution in [1.82, 2.24) is 15.1 Å². The zero-order valence-corrected chi connectivity index (χ0v) is 13.6. The number of alkyl carbamates (subject to hydrolysis) is 1. The van der Waals surface area contributed by atoms with E-state index in [0.717, 1.165) is 12.1 Å². The van der Waals surface area contributed by atoms with Gasteiger partial charge in [-0.25, -0.2) is 4.79 Å². The van der Waals surface area contributed by atoms with E-state index < -0.39 is 11.7 Å². The van der Waals surface area contributed by atoms with Crippen LogP contribution in [0.4, 0.5) is 4.79 Å². The predicted molar refractivity (Wildman–Crippen MR) is 82.6 cm³/mol. The summed E-state index contributed by atoms with van der Waals surface area (Å²) < 4.78 is 7.04. The summed E-state index contributed by atoms with van der Waals surface area (Å²) in [6.45, 7) is 8.56. The number of ether oxygens (including phenoxy) is 1. The van der Waals surface area contributed by atoms with Gasteiger partial charge < -0.3 is 14.9 Å². The molecule has 0 radical (unpaired) electrons.